The van der Waals surface area contributed by atoms with Gasteiger partial charge in [0.1, 0.15) is 11.6 Å². The molecule has 2 atom stereocenters. The maximum Gasteiger partial charge on any atom is 0.315 e. The average molecular weight is 365 g/mol. The van der Waals surface area contributed by atoms with Crippen LogP contribution < -0.4 is 21.3 Å². The van der Waals surface area contributed by atoms with Crippen molar-refractivity contribution in [2.45, 2.75) is 19.0 Å². The minimum Gasteiger partial charge on any atom is -0.451 e. The molecule has 132 valence electrons. The van der Waals surface area contributed by atoms with Gasteiger partial charge in [0.25, 0.3) is 5.91 Å². The Bertz CT molecular complexity index is 835. The number of hydrogen-bond donors (Lipinski definition) is 4. The van der Waals surface area contributed by atoms with Gasteiger partial charge >= 0.3 is 6.03 Å². The minimum atomic E-state index is -0.601. The summed E-state index contributed by atoms with van der Waals surface area (Å²) in [5.41, 5.74) is 0.569. The van der Waals surface area contributed by atoms with Crippen molar-refractivity contribution >= 4 is 40.4 Å². The van der Waals surface area contributed by atoms with Crippen molar-refractivity contribution in [3.63, 3.8) is 0 Å². The Labute approximate surface area is 148 Å². The summed E-state index contributed by atoms with van der Waals surface area (Å²) in [5.74, 6) is -0.523. The zero-order chi connectivity index (χ0) is 18.0. The lowest BCUT2D eigenvalue weighted by Gasteiger charge is -2.15. The number of carbonyl (C=O) groups is 3. The number of carbonyl (C=O) groups excluding carboxylic acids is 3. The Hall–Kier alpha value is -2.74. The van der Waals surface area contributed by atoms with Crippen molar-refractivity contribution in [3.8, 4) is 0 Å². The molecule has 1 aliphatic heterocycles. The Morgan fingerprint density at radius 1 is 1.40 bits per heavy atom. The number of rotatable bonds is 5. The summed E-state index contributed by atoms with van der Waals surface area (Å²) < 4.78 is 5.49. The van der Waals surface area contributed by atoms with Crippen LogP contribution >= 0.6 is 11.6 Å². The molecule has 3 rings (SSSR count). The molecule has 4 N–H and O–H groups in total. The molecule has 0 aliphatic carbocycles. The zero-order valence-corrected chi connectivity index (χ0v) is 14.1. The van der Waals surface area contributed by atoms with E-state index >= 15 is 0 Å². The predicted molar refractivity (Wildman–Crippen MR) is 91.5 cm³/mol. The van der Waals surface area contributed by atoms with Crippen molar-refractivity contribution in [2.75, 3.05) is 13.1 Å². The SMILES string of the molecule is C[C@@H](CNC(=O)[C@@H]1CNC(=O)N1)NC(=O)c1cc2cc(Cl)ccc2o1. The Morgan fingerprint density at radius 2 is 2.20 bits per heavy atom. The summed E-state index contributed by atoms with van der Waals surface area (Å²) in [6.45, 7) is 2.22. The highest BCUT2D eigenvalue weighted by Crippen LogP contribution is 2.23. The Balaban J connectivity index is 1.53. The monoisotopic (exact) mass is 364 g/mol. The molecule has 1 aliphatic rings. The standard InChI is InChI=1S/C16H17ClN4O4/c1-8(6-18-14(22)11-7-19-16(24)21-11)20-15(23)13-5-9-4-10(17)2-3-12(9)25-13/h2-5,8,11H,6-7H2,1H3,(H,18,22)(H,20,23)(H2,19,21,24)/t8-,11-/m0/s1. The smallest absolute Gasteiger partial charge is 0.315 e. The second-order valence-electron chi connectivity index (χ2n) is 5.82. The van der Waals surface area contributed by atoms with E-state index in [9.17, 15) is 14.4 Å². The molecule has 0 unspecified atom stereocenters. The quantitative estimate of drug-likeness (QED) is 0.634. The summed E-state index contributed by atoms with van der Waals surface area (Å²) in [7, 11) is 0. The number of benzene rings is 1. The van der Waals surface area contributed by atoms with Gasteiger partial charge in [0, 0.05) is 29.5 Å². The molecule has 2 heterocycles. The molecule has 25 heavy (non-hydrogen) atoms. The second kappa shape index (κ2) is 7.02. The van der Waals surface area contributed by atoms with E-state index < -0.39 is 6.04 Å². The fourth-order valence-electron chi connectivity index (χ4n) is 2.46. The Kier molecular flexibility index (Phi) is 4.80. The molecule has 2 aromatic rings. The highest BCUT2D eigenvalue weighted by molar-refractivity contribution is 6.31. The van der Waals surface area contributed by atoms with Gasteiger partial charge in [0.05, 0.1) is 0 Å². The molecule has 8 nitrogen and oxygen atoms in total. The highest BCUT2D eigenvalue weighted by Gasteiger charge is 2.26. The summed E-state index contributed by atoms with van der Waals surface area (Å²) >= 11 is 5.91. The van der Waals surface area contributed by atoms with Crippen LogP contribution in [0.3, 0.4) is 0 Å². The molecule has 1 aromatic carbocycles. The van der Waals surface area contributed by atoms with Crippen LogP contribution in [0.5, 0.6) is 0 Å². The van der Waals surface area contributed by atoms with E-state index in [-0.39, 0.29) is 42.7 Å². The first kappa shape index (κ1) is 17.1. The number of nitrogens with one attached hydrogen (secondary N) is 4. The number of hydrogen-bond acceptors (Lipinski definition) is 4. The first-order chi connectivity index (χ1) is 11.9. The van der Waals surface area contributed by atoms with Crippen LogP contribution in [0, 0.1) is 0 Å². The van der Waals surface area contributed by atoms with E-state index in [1.54, 1.807) is 31.2 Å². The van der Waals surface area contributed by atoms with Gasteiger partial charge in [-0.25, -0.2) is 4.79 Å². The molecule has 1 aromatic heterocycles. The van der Waals surface area contributed by atoms with Crippen LogP contribution in [0.4, 0.5) is 4.79 Å². The van der Waals surface area contributed by atoms with E-state index in [1.807, 2.05) is 0 Å². The summed E-state index contributed by atoms with van der Waals surface area (Å²) in [6, 6.07) is 5.42. The van der Waals surface area contributed by atoms with Crippen LogP contribution in [0.15, 0.2) is 28.7 Å². The third-order valence-electron chi connectivity index (χ3n) is 3.75. The van der Waals surface area contributed by atoms with Gasteiger partial charge in [0.2, 0.25) is 5.91 Å². The van der Waals surface area contributed by atoms with Crippen molar-refractivity contribution in [3.05, 3.63) is 35.0 Å². The molecule has 0 spiro atoms. The lowest BCUT2D eigenvalue weighted by Crippen LogP contribution is -2.48. The van der Waals surface area contributed by atoms with E-state index in [0.29, 0.717) is 10.6 Å². The van der Waals surface area contributed by atoms with Crippen molar-refractivity contribution in [2.24, 2.45) is 0 Å². The number of fused-ring (bicyclic) bond motifs is 1. The van der Waals surface area contributed by atoms with Gasteiger partial charge < -0.3 is 25.7 Å². The molecule has 0 radical (unpaired) electrons. The topological polar surface area (TPSA) is 112 Å². The summed E-state index contributed by atoms with van der Waals surface area (Å²) in [4.78, 5) is 35.1. The maximum atomic E-state index is 12.2. The molecular weight excluding hydrogens is 348 g/mol. The average Bonchev–Trinajstić information content (AvgIpc) is 3.18. The fraction of sp³-hybridized carbons (Fsp3) is 0.312. The molecule has 1 fully saturated rings. The zero-order valence-electron chi connectivity index (χ0n) is 13.4. The van der Waals surface area contributed by atoms with Crippen molar-refractivity contribution < 1.29 is 18.8 Å². The predicted octanol–water partition coefficient (Wildman–Crippen LogP) is 1.00. The highest BCUT2D eigenvalue weighted by atomic mass is 35.5. The van der Waals surface area contributed by atoms with Crippen LogP contribution in [0.1, 0.15) is 17.5 Å². The molecule has 1 saturated heterocycles. The van der Waals surface area contributed by atoms with Gasteiger partial charge in [-0.2, -0.15) is 0 Å². The molecule has 9 heteroatoms. The van der Waals surface area contributed by atoms with Crippen LogP contribution in [-0.4, -0.2) is 43.0 Å². The normalized spacial score (nSPS) is 17.7. The van der Waals surface area contributed by atoms with Crippen LogP contribution in [-0.2, 0) is 4.79 Å². The number of furan rings is 1. The number of urea groups is 1. The van der Waals surface area contributed by atoms with E-state index in [0.717, 1.165) is 5.39 Å². The van der Waals surface area contributed by atoms with Gasteiger partial charge in [-0.15, -0.1) is 0 Å². The van der Waals surface area contributed by atoms with E-state index in [1.165, 1.54) is 0 Å². The van der Waals surface area contributed by atoms with Gasteiger partial charge in [-0.3, -0.25) is 9.59 Å². The van der Waals surface area contributed by atoms with Crippen LogP contribution in [0.25, 0.3) is 11.0 Å². The first-order valence-electron chi connectivity index (χ1n) is 7.74. The van der Waals surface area contributed by atoms with Gasteiger partial charge in [0.15, 0.2) is 5.76 Å². The maximum absolute atomic E-state index is 12.2. The van der Waals surface area contributed by atoms with Gasteiger partial charge in [-0.05, 0) is 31.2 Å². The van der Waals surface area contributed by atoms with Crippen molar-refractivity contribution in [1.29, 1.82) is 0 Å². The molecule has 0 bridgehead atoms. The fourth-order valence-corrected chi connectivity index (χ4v) is 2.64. The number of amides is 4. The van der Waals surface area contributed by atoms with E-state index in [4.69, 9.17) is 16.0 Å². The number of halogens is 1. The molecule has 4 amide bonds. The summed E-state index contributed by atoms with van der Waals surface area (Å²) in [5, 5.41) is 11.7. The summed E-state index contributed by atoms with van der Waals surface area (Å²) in [6.07, 6.45) is 0. The molecular formula is C16H17ClN4O4. The van der Waals surface area contributed by atoms with Crippen molar-refractivity contribution in [1.82, 2.24) is 21.3 Å². The van der Waals surface area contributed by atoms with E-state index in [2.05, 4.69) is 21.3 Å². The van der Waals surface area contributed by atoms with Gasteiger partial charge in [-0.1, -0.05) is 11.6 Å². The lowest BCUT2D eigenvalue weighted by molar-refractivity contribution is -0.122. The van der Waals surface area contributed by atoms with Crippen LogP contribution in [0.2, 0.25) is 5.02 Å². The minimum absolute atomic E-state index is 0.169. The molecule has 0 saturated carbocycles. The lowest BCUT2D eigenvalue weighted by atomic mass is 10.2. The Morgan fingerprint density at radius 3 is 2.92 bits per heavy atom. The third-order valence-corrected chi connectivity index (χ3v) is 3.99. The second-order valence-corrected chi connectivity index (χ2v) is 6.26. The largest absolute Gasteiger partial charge is 0.451 e. The first-order valence-corrected chi connectivity index (χ1v) is 8.12. The third kappa shape index (κ3) is 4.03.